The number of nitrogens with zero attached hydrogens (tertiary/aromatic N) is 4. The number of aromatic nitrogens is 2. The molecule has 0 atom stereocenters. The van der Waals surface area contributed by atoms with Gasteiger partial charge in [0.05, 0.1) is 0 Å². The average molecular weight is 289 g/mol. The molecule has 1 amide bonds. The van der Waals surface area contributed by atoms with E-state index in [1.807, 2.05) is 11.0 Å². The van der Waals surface area contributed by atoms with Gasteiger partial charge in [-0.15, -0.1) is 0 Å². The zero-order chi connectivity index (χ0) is 14.7. The lowest BCUT2D eigenvalue weighted by Gasteiger charge is -2.34. The van der Waals surface area contributed by atoms with Crippen LogP contribution in [0.2, 0.25) is 0 Å². The summed E-state index contributed by atoms with van der Waals surface area (Å²) < 4.78 is 0. The molecule has 2 fully saturated rings. The van der Waals surface area contributed by atoms with Gasteiger partial charge in [-0.1, -0.05) is 12.8 Å². The van der Waals surface area contributed by atoms with Crippen LogP contribution in [0.4, 0.5) is 11.6 Å². The van der Waals surface area contributed by atoms with Gasteiger partial charge >= 0.3 is 0 Å². The number of nitrogens with one attached hydrogen (secondary N) is 1. The van der Waals surface area contributed by atoms with E-state index in [1.165, 1.54) is 25.7 Å². The van der Waals surface area contributed by atoms with Crippen molar-refractivity contribution >= 4 is 17.5 Å². The molecule has 0 aromatic carbocycles. The highest BCUT2D eigenvalue weighted by molar-refractivity contribution is 5.73. The molecule has 1 N–H and O–H groups in total. The fraction of sp³-hybridized carbons (Fsp3) is 0.667. The second-order valence-electron chi connectivity index (χ2n) is 5.88. The number of amides is 1. The molecule has 1 saturated carbocycles. The Morgan fingerprint density at radius 1 is 1.19 bits per heavy atom. The Morgan fingerprint density at radius 3 is 2.57 bits per heavy atom. The summed E-state index contributed by atoms with van der Waals surface area (Å²) in [5, 5.41) is 3.51. The van der Waals surface area contributed by atoms with E-state index in [4.69, 9.17) is 0 Å². The summed E-state index contributed by atoms with van der Waals surface area (Å²) in [5.74, 6) is 2.02. The van der Waals surface area contributed by atoms with Crippen molar-refractivity contribution in [3.63, 3.8) is 0 Å². The summed E-state index contributed by atoms with van der Waals surface area (Å²) in [6.07, 6.45) is 6.71. The van der Waals surface area contributed by atoms with Gasteiger partial charge in [-0.05, 0) is 12.8 Å². The first kappa shape index (κ1) is 14.1. The largest absolute Gasteiger partial charge is 0.367 e. The third-order valence-corrected chi connectivity index (χ3v) is 4.41. The van der Waals surface area contributed by atoms with Crippen LogP contribution in [-0.2, 0) is 4.79 Å². The van der Waals surface area contributed by atoms with Crippen molar-refractivity contribution in [2.75, 3.05) is 36.4 Å². The molecule has 1 aromatic rings. The molecule has 114 valence electrons. The number of hydrogen-bond acceptors (Lipinski definition) is 5. The number of rotatable bonds is 3. The summed E-state index contributed by atoms with van der Waals surface area (Å²) in [6.45, 7) is 4.83. The fourth-order valence-electron chi connectivity index (χ4n) is 3.13. The highest BCUT2D eigenvalue weighted by atomic mass is 16.2. The number of anilines is 2. The van der Waals surface area contributed by atoms with Gasteiger partial charge < -0.3 is 15.1 Å². The molecule has 0 radical (unpaired) electrons. The zero-order valence-electron chi connectivity index (χ0n) is 12.6. The molecule has 0 bridgehead atoms. The molecule has 6 heteroatoms. The van der Waals surface area contributed by atoms with Crippen molar-refractivity contribution in [1.29, 1.82) is 0 Å². The van der Waals surface area contributed by atoms with Crippen LogP contribution < -0.4 is 10.2 Å². The lowest BCUT2D eigenvalue weighted by molar-refractivity contribution is -0.129. The summed E-state index contributed by atoms with van der Waals surface area (Å²) in [7, 11) is 0. The summed E-state index contributed by atoms with van der Waals surface area (Å²) in [6, 6.07) is 2.59. The van der Waals surface area contributed by atoms with E-state index >= 15 is 0 Å². The van der Waals surface area contributed by atoms with Gasteiger partial charge in [-0.25, -0.2) is 9.97 Å². The van der Waals surface area contributed by atoms with Gasteiger partial charge in [0, 0.05) is 45.2 Å². The normalized spacial score (nSPS) is 19.9. The van der Waals surface area contributed by atoms with E-state index in [-0.39, 0.29) is 5.91 Å². The highest BCUT2D eigenvalue weighted by Gasteiger charge is 2.20. The van der Waals surface area contributed by atoms with Gasteiger partial charge in [0.25, 0.3) is 0 Å². The molecule has 3 rings (SSSR count). The number of carbonyl (C=O) groups is 1. The Bertz CT molecular complexity index is 493. The fourth-order valence-corrected chi connectivity index (χ4v) is 3.13. The second-order valence-corrected chi connectivity index (χ2v) is 5.88. The van der Waals surface area contributed by atoms with E-state index in [9.17, 15) is 4.79 Å². The van der Waals surface area contributed by atoms with Crippen molar-refractivity contribution in [2.24, 2.45) is 0 Å². The number of hydrogen-bond donors (Lipinski definition) is 1. The summed E-state index contributed by atoms with van der Waals surface area (Å²) >= 11 is 0. The van der Waals surface area contributed by atoms with Crippen LogP contribution in [-0.4, -0.2) is 53.0 Å². The topological polar surface area (TPSA) is 61.4 Å². The minimum Gasteiger partial charge on any atom is -0.367 e. The molecule has 2 heterocycles. The third-order valence-electron chi connectivity index (χ3n) is 4.41. The molecule has 21 heavy (non-hydrogen) atoms. The molecular formula is C15H23N5O. The standard InChI is InChI=1S/C15H23N5O/c1-12(21)19-6-8-20(9-7-19)15-10-14(16-11-17-15)18-13-4-2-3-5-13/h10-11,13H,2-9H2,1H3,(H,16,17,18). The first-order valence-corrected chi connectivity index (χ1v) is 7.81. The maximum Gasteiger partial charge on any atom is 0.219 e. The maximum atomic E-state index is 11.4. The maximum absolute atomic E-state index is 11.4. The minimum absolute atomic E-state index is 0.154. The van der Waals surface area contributed by atoms with E-state index in [0.29, 0.717) is 6.04 Å². The summed E-state index contributed by atoms with van der Waals surface area (Å²) in [5.41, 5.74) is 0. The second kappa shape index (κ2) is 6.28. The van der Waals surface area contributed by atoms with Crippen molar-refractivity contribution in [1.82, 2.24) is 14.9 Å². The molecule has 1 aliphatic heterocycles. The molecule has 6 nitrogen and oxygen atoms in total. The average Bonchev–Trinajstić information content (AvgIpc) is 3.00. The van der Waals surface area contributed by atoms with E-state index < -0.39 is 0 Å². The minimum atomic E-state index is 0.154. The Kier molecular flexibility index (Phi) is 4.22. The van der Waals surface area contributed by atoms with Crippen LogP contribution in [0, 0.1) is 0 Å². The smallest absolute Gasteiger partial charge is 0.219 e. The Morgan fingerprint density at radius 2 is 1.90 bits per heavy atom. The van der Waals surface area contributed by atoms with Crippen LogP contribution in [0.25, 0.3) is 0 Å². The number of carbonyl (C=O) groups excluding carboxylic acids is 1. The monoisotopic (exact) mass is 289 g/mol. The van der Waals surface area contributed by atoms with Crippen LogP contribution in [0.15, 0.2) is 12.4 Å². The van der Waals surface area contributed by atoms with Crippen LogP contribution >= 0.6 is 0 Å². The first-order chi connectivity index (χ1) is 10.2. The van der Waals surface area contributed by atoms with Crippen molar-refractivity contribution in [3.05, 3.63) is 12.4 Å². The SMILES string of the molecule is CC(=O)N1CCN(c2cc(NC3CCCC3)ncn2)CC1. The zero-order valence-corrected chi connectivity index (χ0v) is 12.6. The quantitative estimate of drug-likeness (QED) is 0.913. The molecular weight excluding hydrogens is 266 g/mol. The number of piperazine rings is 1. The molecule has 0 unspecified atom stereocenters. The van der Waals surface area contributed by atoms with Gasteiger partial charge in [0.1, 0.15) is 18.0 Å². The summed E-state index contributed by atoms with van der Waals surface area (Å²) in [4.78, 5) is 24.2. The van der Waals surface area contributed by atoms with Crippen molar-refractivity contribution in [2.45, 2.75) is 38.6 Å². The van der Waals surface area contributed by atoms with E-state index in [2.05, 4.69) is 20.2 Å². The van der Waals surface area contributed by atoms with Crippen LogP contribution in [0.3, 0.4) is 0 Å². The molecule has 0 spiro atoms. The van der Waals surface area contributed by atoms with Gasteiger partial charge in [0.15, 0.2) is 0 Å². The van der Waals surface area contributed by atoms with Crippen molar-refractivity contribution < 1.29 is 4.79 Å². The lowest BCUT2D eigenvalue weighted by Crippen LogP contribution is -2.48. The third kappa shape index (κ3) is 3.43. The first-order valence-electron chi connectivity index (χ1n) is 7.81. The van der Waals surface area contributed by atoms with Crippen LogP contribution in [0.1, 0.15) is 32.6 Å². The van der Waals surface area contributed by atoms with E-state index in [1.54, 1.807) is 13.3 Å². The highest BCUT2D eigenvalue weighted by Crippen LogP contribution is 2.23. The van der Waals surface area contributed by atoms with Gasteiger partial charge in [0.2, 0.25) is 5.91 Å². The van der Waals surface area contributed by atoms with Gasteiger partial charge in [-0.3, -0.25) is 4.79 Å². The molecule has 1 aliphatic carbocycles. The molecule has 1 aromatic heterocycles. The van der Waals surface area contributed by atoms with E-state index in [0.717, 1.165) is 37.8 Å². The Balaban J connectivity index is 1.62. The predicted octanol–water partition coefficient (Wildman–Crippen LogP) is 1.50. The molecule has 1 saturated heterocycles. The predicted molar refractivity (Wildman–Crippen MR) is 82.4 cm³/mol. The van der Waals surface area contributed by atoms with Crippen molar-refractivity contribution in [3.8, 4) is 0 Å². The lowest BCUT2D eigenvalue weighted by atomic mass is 10.2. The molecule has 2 aliphatic rings. The van der Waals surface area contributed by atoms with Crippen LogP contribution in [0.5, 0.6) is 0 Å². The van der Waals surface area contributed by atoms with Gasteiger partial charge in [-0.2, -0.15) is 0 Å². The Hall–Kier alpha value is -1.85. The Labute approximate surface area is 125 Å².